The zero-order valence-corrected chi connectivity index (χ0v) is 14.1. The Bertz CT molecular complexity index is 719. The molecule has 0 fully saturated rings. The highest BCUT2D eigenvalue weighted by molar-refractivity contribution is 5.73. The summed E-state index contributed by atoms with van der Waals surface area (Å²) < 4.78 is 0. The third kappa shape index (κ3) is 3.64. The van der Waals surface area contributed by atoms with E-state index in [0.717, 1.165) is 25.7 Å². The molecular weight excluding hydrogens is 276 g/mol. The predicted molar refractivity (Wildman–Crippen MR) is 101 cm³/mol. The maximum atomic E-state index is 3.82. The molecule has 0 bridgehead atoms. The van der Waals surface area contributed by atoms with Crippen LogP contribution < -0.4 is 0 Å². The van der Waals surface area contributed by atoms with E-state index in [0.29, 0.717) is 0 Å². The van der Waals surface area contributed by atoms with Crippen LogP contribution in [0.15, 0.2) is 61.2 Å². The van der Waals surface area contributed by atoms with E-state index in [1.807, 2.05) is 6.08 Å². The van der Waals surface area contributed by atoms with Gasteiger partial charge in [-0.1, -0.05) is 54.6 Å². The van der Waals surface area contributed by atoms with Crippen LogP contribution in [-0.2, 0) is 25.7 Å². The summed E-state index contributed by atoms with van der Waals surface area (Å²) in [6.45, 7) is 5.91. The van der Waals surface area contributed by atoms with E-state index in [-0.39, 0.29) is 0 Å². The zero-order valence-electron chi connectivity index (χ0n) is 14.1. The van der Waals surface area contributed by atoms with E-state index in [2.05, 4.69) is 62.1 Å². The number of rotatable bonds is 6. The summed E-state index contributed by atoms with van der Waals surface area (Å²) in [5.41, 5.74) is 8.82. The molecular formula is C23H26. The second kappa shape index (κ2) is 7.46. The van der Waals surface area contributed by atoms with E-state index in [1.165, 1.54) is 46.2 Å². The molecule has 2 aromatic rings. The lowest BCUT2D eigenvalue weighted by atomic mass is 9.83. The van der Waals surface area contributed by atoms with Crippen molar-refractivity contribution in [2.75, 3.05) is 0 Å². The molecule has 0 N–H and O–H groups in total. The Balaban J connectivity index is 1.84. The summed E-state index contributed by atoms with van der Waals surface area (Å²) in [5.74, 6) is 0. The fourth-order valence-electron chi connectivity index (χ4n) is 3.50. The van der Waals surface area contributed by atoms with Gasteiger partial charge in [0, 0.05) is 0 Å². The molecule has 3 rings (SSSR count). The number of aryl methyl sites for hydroxylation is 4. The number of benzene rings is 2. The Kier molecular flexibility index (Phi) is 5.12. The summed E-state index contributed by atoms with van der Waals surface area (Å²) in [6, 6.07) is 14.1. The first-order chi connectivity index (χ1) is 11.3. The molecule has 0 heteroatoms. The first-order valence-corrected chi connectivity index (χ1v) is 8.78. The maximum absolute atomic E-state index is 3.82. The smallest absolute Gasteiger partial charge is 0.0149 e. The minimum absolute atomic E-state index is 1.06. The minimum atomic E-state index is 1.06. The van der Waals surface area contributed by atoms with Crippen LogP contribution in [0.25, 0.3) is 11.1 Å². The van der Waals surface area contributed by atoms with Crippen LogP contribution in [0.1, 0.15) is 42.0 Å². The van der Waals surface area contributed by atoms with E-state index in [1.54, 1.807) is 0 Å². The molecule has 0 amide bonds. The summed E-state index contributed by atoms with van der Waals surface area (Å²) >= 11 is 0. The van der Waals surface area contributed by atoms with Crippen molar-refractivity contribution in [1.82, 2.24) is 0 Å². The first kappa shape index (κ1) is 15.8. The van der Waals surface area contributed by atoms with E-state index >= 15 is 0 Å². The molecule has 0 atom stereocenters. The average molecular weight is 302 g/mol. The Labute approximate surface area is 140 Å². The topological polar surface area (TPSA) is 0 Å². The molecule has 2 aromatic carbocycles. The van der Waals surface area contributed by atoms with Gasteiger partial charge in [-0.3, -0.25) is 0 Å². The Hall–Kier alpha value is -2.08. The van der Waals surface area contributed by atoms with Crippen LogP contribution in [0.2, 0.25) is 0 Å². The van der Waals surface area contributed by atoms with Gasteiger partial charge >= 0.3 is 0 Å². The molecule has 0 saturated heterocycles. The lowest BCUT2D eigenvalue weighted by molar-refractivity contribution is 0.917. The van der Waals surface area contributed by atoms with E-state index < -0.39 is 0 Å². The van der Waals surface area contributed by atoms with Gasteiger partial charge in [-0.05, 0) is 78.8 Å². The second-order valence-corrected chi connectivity index (χ2v) is 6.42. The molecule has 23 heavy (non-hydrogen) atoms. The number of hydrogen-bond donors (Lipinski definition) is 0. The fraction of sp³-hybridized carbons (Fsp3) is 0.304. The van der Waals surface area contributed by atoms with Crippen molar-refractivity contribution in [3.63, 3.8) is 0 Å². The van der Waals surface area contributed by atoms with E-state index in [4.69, 9.17) is 0 Å². The number of allylic oxidation sites excluding steroid dienone is 3. The highest BCUT2D eigenvalue weighted by atomic mass is 14.2. The molecule has 118 valence electrons. The van der Waals surface area contributed by atoms with Crippen molar-refractivity contribution in [2.24, 2.45) is 0 Å². The van der Waals surface area contributed by atoms with Gasteiger partial charge in [0.1, 0.15) is 0 Å². The average Bonchev–Trinajstić information content (AvgIpc) is 2.59. The molecule has 1 aliphatic rings. The normalized spacial score (nSPS) is 12.9. The van der Waals surface area contributed by atoms with Crippen molar-refractivity contribution in [2.45, 2.75) is 45.4 Å². The van der Waals surface area contributed by atoms with Gasteiger partial charge in [-0.2, -0.15) is 0 Å². The van der Waals surface area contributed by atoms with Crippen molar-refractivity contribution in [3.05, 3.63) is 83.5 Å². The molecule has 1 aliphatic carbocycles. The second-order valence-electron chi connectivity index (χ2n) is 6.42. The molecule has 0 radical (unpaired) electrons. The van der Waals surface area contributed by atoms with Crippen LogP contribution >= 0.6 is 0 Å². The Morgan fingerprint density at radius 2 is 1.43 bits per heavy atom. The third-order valence-corrected chi connectivity index (χ3v) is 4.77. The molecule has 0 unspecified atom stereocenters. The SMILES string of the molecule is C=CCCc1ccc2c(c1)CCc1cc(CC/C=C/C)ccc1-2. The van der Waals surface area contributed by atoms with Crippen molar-refractivity contribution in [1.29, 1.82) is 0 Å². The molecule has 0 spiro atoms. The summed E-state index contributed by atoms with van der Waals surface area (Å²) in [6.07, 6.45) is 13.2. The monoisotopic (exact) mass is 302 g/mol. The molecule has 0 aliphatic heterocycles. The Morgan fingerprint density at radius 1 is 0.870 bits per heavy atom. The standard InChI is InChI=1S/C23H26/c1-3-5-7-9-19-11-15-23-21(17-19)13-12-20-16-18(8-6-4-2)10-14-22(20)23/h3-5,10-11,14-17H,2,6-9,12-13H2,1H3/b5-3+. The van der Waals surface area contributed by atoms with Crippen LogP contribution in [0.3, 0.4) is 0 Å². The van der Waals surface area contributed by atoms with Crippen molar-refractivity contribution in [3.8, 4) is 11.1 Å². The number of fused-ring (bicyclic) bond motifs is 3. The van der Waals surface area contributed by atoms with Crippen LogP contribution in [0.4, 0.5) is 0 Å². The molecule has 0 nitrogen and oxygen atoms in total. The minimum Gasteiger partial charge on any atom is -0.103 e. The summed E-state index contributed by atoms with van der Waals surface area (Å²) in [7, 11) is 0. The van der Waals surface area contributed by atoms with Gasteiger partial charge in [-0.25, -0.2) is 0 Å². The van der Waals surface area contributed by atoms with Gasteiger partial charge in [0.05, 0.1) is 0 Å². The fourth-order valence-corrected chi connectivity index (χ4v) is 3.50. The molecule has 0 heterocycles. The highest BCUT2D eigenvalue weighted by Crippen LogP contribution is 2.34. The first-order valence-electron chi connectivity index (χ1n) is 8.78. The molecule has 0 saturated carbocycles. The van der Waals surface area contributed by atoms with E-state index in [9.17, 15) is 0 Å². The highest BCUT2D eigenvalue weighted by Gasteiger charge is 2.16. The summed E-state index contributed by atoms with van der Waals surface area (Å²) in [5, 5.41) is 0. The van der Waals surface area contributed by atoms with Gasteiger partial charge in [0.15, 0.2) is 0 Å². The quantitative estimate of drug-likeness (QED) is 0.567. The summed E-state index contributed by atoms with van der Waals surface area (Å²) in [4.78, 5) is 0. The zero-order chi connectivity index (χ0) is 16.1. The van der Waals surface area contributed by atoms with Crippen LogP contribution in [0, 0.1) is 0 Å². The van der Waals surface area contributed by atoms with Gasteiger partial charge < -0.3 is 0 Å². The lowest BCUT2D eigenvalue weighted by Crippen LogP contribution is -2.05. The van der Waals surface area contributed by atoms with Gasteiger partial charge in [0.25, 0.3) is 0 Å². The van der Waals surface area contributed by atoms with Crippen molar-refractivity contribution < 1.29 is 0 Å². The number of hydrogen-bond acceptors (Lipinski definition) is 0. The van der Waals surface area contributed by atoms with Crippen LogP contribution in [0.5, 0.6) is 0 Å². The predicted octanol–water partition coefficient (Wildman–Crippen LogP) is 6.08. The largest absolute Gasteiger partial charge is 0.103 e. The van der Waals surface area contributed by atoms with Gasteiger partial charge in [-0.15, -0.1) is 6.58 Å². The maximum Gasteiger partial charge on any atom is -0.0149 e. The van der Waals surface area contributed by atoms with Crippen molar-refractivity contribution >= 4 is 0 Å². The molecule has 0 aromatic heterocycles. The van der Waals surface area contributed by atoms with Crippen LogP contribution in [-0.4, -0.2) is 0 Å². The van der Waals surface area contributed by atoms with Gasteiger partial charge in [0.2, 0.25) is 0 Å². The Morgan fingerprint density at radius 3 is 1.96 bits per heavy atom. The lowest BCUT2D eigenvalue weighted by Gasteiger charge is -2.21. The third-order valence-electron chi connectivity index (χ3n) is 4.77.